The number of fused-ring (bicyclic) bond motifs is 1. The van der Waals surface area contributed by atoms with Crippen LogP contribution in [-0.4, -0.2) is 13.7 Å². The van der Waals surface area contributed by atoms with Gasteiger partial charge in [0.15, 0.2) is 0 Å². The zero-order valence-electron chi connectivity index (χ0n) is 12.0. The van der Waals surface area contributed by atoms with Crippen molar-refractivity contribution in [2.75, 3.05) is 24.3 Å². The van der Waals surface area contributed by atoms with Gasteiger partial charge >= 0.3 is 0 Å². The largest absolute Gasteiger partial charge is 0.495 e. The van der Waals surface area contributed by atoms with Gasteiger partial charge in [-0.1, -0.05) is 12.1 Å². The Morgan fingerprint density at radius 3 is 2.95 bits per heavy atom. The summed E-state index contributed by atoms with van der Waals surface area (Å²) in [5.41, 5.74) is 11.0. The Hall–Kier alpha value is -2.67. The maximum atomic E-state index is 9.17. The van der Waals surface area contributed by atoms with Crippen molar-refractivity contribution >= 4 is 11.4 Å². The molecular formula is C17H17N3O. The van der Waals surface area contributed by atoms with Crippen LogP contribution in [0, 0.1) is 11.3 Å². The van der Waals surface area contributed by atoms with Gasteiger partial charge in [-0.05, 0) is 36.2 Å². The van der Waals surface area contributed by atoms with E-state index in [1.54, 1.807) is 7.11 Å². The van der Waals surface area contributed by atoms with E-state index in [2.05, 4.69) is 17.0 Å². The number of hydrogen-bond acceptors (Lipinski definition) is 4. The van der Waals surface area contributed by atoms with Gasteiger partial charge in [0.25, 0.3) is 0 Å². The van der Waals surface area contributed by atoms with Crippen molar-refractivity contribution in [3.63, 3.8) is 0 Å². The molecule has 0 aliphatic carbocycles. The molecule has 0 bridgehead atoms. The summed E-state index contributed by atoms with van der Waals surface area (Å²) in [6.07, 6.45) is 0.975. The number of nitrogen functional groups attached to an aromatic ring is 1. The Labute approximate surface area is 124 Å². The summed E-state index contributed by atoms with van der Waals surface area (Å²) in [4.78, 5) is 2.30. The Kier molecular flexibility index (Phi) is 3.41. The molecule has 1 heterocycles. The van der Waals surface area contributed by atoms with Gasteiger partial charge in [-0.25, -0.2) is 0 Å². The Balaban J connectivity index is 1.87. The molecule has 2 aromatic rings. The highest BCUT2D eigenvalue weighted by Crippen LogP contribution is 2.33. The minimum atomic E-state index is 0.571. The molecule has 4 nitrogen and oxygen atoms in total. The maximum Gasteiger partial charge on any atom is 0.136 e. The monoisotopic (exact) mass is 279 g/mol. The standard InChI is InChI=1S/C17H17N3O/c1-21-17-6-5-12(9-13(17)10-18)11-20-8-7-14-15(19)3-2-4-16(14)20/h2-6,9H,7-8,11,19H2,1H3. The average molecular weight is 279 g/mol. The molecule has 1 aliphatic heterocycles. The van der Waals surface area contributed by atoms with E-state index in [-0.39, 0.29) is 0 Å². The number of hydrogen-bond donors (Lipinski definition) is 1. The van der Waals surface area contributed by atoms with Gasteiger partial charge in [-0.15, -0.1) is 0 Å². The molecule has 0 fully saturated rings. The van der Waals surface area contributed by atoms with Crippen molar-refractivity contribution in [1.82, 2.24) is 0 Å². The van der Waals surface area contributed by atoms with Gasteiger partial charge in [0.1, 0.15) is 11.8 Å². The van der Waals surface area contributed by atoms with E-state index in [0.29, 0.717) is 11.3 Å². The molecule has 4 heteroatoms. The zero-order chi connectivity index (χ0) is 14.8. The van der Waals surface area contributed by atoms with Crippen LogP contribution in [0.1, 0.15) is 16.7 Å². The summed E-state index contributed by atoms with van der Waals surface area (Å²) in [6, 6.07) is 14.0. The number of benzene rings is 2. The number of ether oxygens (including phenoxy) is 1. The van der Waals surface area contributed by atoms with Crippen molar-refractivity contribution in [2.45, 2.75) is 13.0 Å². The number of nitrogens with two attached hydrogens (primary N) is 1. The predicted octanol–water partition coefficient (Wildman–Crippen LogP) is 2.71. The lowest BCUT2D eigenvalue weighted by atomic mass is 10.1. The van der Waals surface area contributed by atoms with Crippen molar-refractivity contribution in [2.24, 2.45) is 0 Å². The first kappa shape index (κ1) is 13.3. The van der Waals surface area contributed by atoms with Gasteiger partial charge in [0.2, 0.25) is 0 Å². The van der Waals surface area contributed by atoms with Crippen LogP contribution < -0.4 is 15.4 Å². The first-order valence-corrected chi connectivity index (χ1v) is 6.92. The van der Waals surface area contributed by atoms with Crippen molar-refractivity contribution in [1.29, 1.82) is 5.26 Å². The minimum absolute atomic E-state index is 0.571. The van der Waals surface area contributed by atoms with E-state index < -0.39 is 0 Å². The predicted molar refractivity (Wildman–Crippen MR) is 83.3 cm³/mol. The maximum absolute atomic E-state index is 9.17. The van der Waals surface area contributed by atoms with E-state index in [0.717, 1.165) is 30.8 Å². The highest BCUT2D eigenvalue weighted by molar-refractivity contribution is 5.68. The van der Waals surface area contributed by atoms with Crippen LogP contribution in [-0.2, 0) is 13.0 Å². The average Bonchev–Trinajstić information content (AvgIpc) is 2.92. The second-order valence-corrected chi connectivity index (χ2v) is 5.16. The molecule has 0 spiro atoms. The summed E-state index contributed by atoms with van der Waals surface area (Å²) in [5, 5.41) is 9.17. The third kappa shape index (κ3) is 2.38. The smallest absolute Gasteiger partial charge is 0.136 e. The summed E-state index contributed by atoms with van der Waals surface area (Å²) < 4.78 is 5.18. The third-order valence-electron chi connectivity index (χ3n) is 3.92. The molecule has 3 rings (SSSR count). The summed E-state index contributed by atoms with van der Waals surface area (Å²) in [7, 11) is 1.58. The lowest BCUT2D eigenvalue weighted by Crippen LogP contribution is -2.19. The quantitative estimate of drug-likeness (QED) is 0.877. The van der Waals surface area contributed by atoms with E-state index in [4.69, 9.17) is 15.7 Å². The molecule has 2 N–H and O–H groups in total. The Morgan fingerprint density at radius 2 is 2.19 bits per heavy atom. The molecule has 0 atom stereocenters. The fourth-order valence-corrected chi connectivity index (χ4v) is 2.85. The first-order valence-electron chi connectivity index (χ1n) is 6.92. The van der Waals surface area contributed by atoms with Gasteiger partial charge in [0.05, 0.1) is 12.7 Å². The normalized spacial score (nSPS) is 12.9. The minimum Gasteiger partial charge on any atom is -0.495 e. The van der Waals surface area contributed by atoms with Gasteiger partial charge in [-0.2, -0.15) is 5.26 Å². The van der Waals surface area contributed by atoms with E-state index in [1.165, 1.54) is 11.3 Å². The number of nitriles is 1. The topological polar surface area (TPSA) is 62.3 Å². The second kappa shape index (κ2) is 5.37. The van der Waals surface area contributed by atoms with E-state index in [1.807, 2.05) is 30.3 Å². The molecule has 0 saturated heterocycles. The summed E-state index contributed by atoms with van der Waals surface area (Å²) in [6.45, 7) is 1.73. The van der Waals surface area contributed by atoms with Gasteiger partial charge in [-0.3, -0.25) is 0 Å². The highest BCUT2D eigenvalue weighted by atomic mass is 16.5. The SMILES string of the molecule is COc1ccc(CN2CCc3c(N)cccc32)cc1C#N. The van der Waals surface area contributed by atoms with Crippen molar-refractivity contribution in [3.8, 4) is 11.8 Å². The molecule has 0 radical (unpaired) electrons. The van der Waals surface area contributed by atoms with E-state index in [9.17, 15) is 0 Å². The number of anilines is 2. The van der Waals surface area contributed by atoms with Crippen LogP contribution in [0.15, 0.2) is 36.4 Å². The molecule has 0 amide bonds. The summed E-state index contributed by atoms with van der Waals surface area (Å²) in [5.74, 6) is 0.618. The van der Waals surface area contributed by atoms with Crippen LogP contribution in [0.3, 0.4) is 0 Å². The van der Waals surface area contributed by atoms with Crippen molar-refractivity contribution < 1.29 is 4.74 Å². The highest BCUT2D eigenvalue weighted by Gasteiger charge is 2.21. The fraction of sp³-hybridized carbons (Fsp3) is 0.235. The fourth-order valence-electron chi connectivity index (χ4n) is 2.85. The zero-order valence-corrected chi connectivity index (χ0v) is 12.0. The summed E-state index contributed by atoms with van der Waals surface area (Å²) >= 11 is 0. The Bertz CT molecular complexity index is 718. The molecule has 0 aromatic heterocycles. The van der Waals surface area contributed by atoms with Gasteiger partial charge in [0, 0.05) is 30.0 Å². The molecule has 0 saturated carbocycles. The number of nitrogens with zero attached hydrogens (tertiary/aromatic N) is 2. The van der Waals surface area contributed by atoms with Crippen LogP contribution in [0.5, 0.6) is 5.75 Å². The first-order chi connectivity index (χ1) is 10.2. The third-order valence-corrected chi connectivity index (χ3v) is 3.92. The molecule has 2 aromatic carbocycles. The lowest BCUT2D eigenvalue weighted by molar-refractivity contribution is 0.413. The molecule has 0 unspecified atom stereocenters. The second-order valence-electron chi connectivity index (χ2n) is 5.16. The molecule has 1 aliphatic rings. The molecular weight excluding hydrogens is 262 g/mol. The number of rotatable bonds is 3. The molecule has 21 heavy (non-hydrogen) atoms. The lowest BCUT2D eigenvalue weighted by Gasteiger charge is -2.20. The van der Waals surface area contributed by atoms with Gasteiger partial charge < -0.3 is 15.4 Å². The van der Waals surface area contributed by atoms with Crippen molar-refractivity contribution in [3.05, 3.63) is 53.1 Å². The Morgan fingerprint density at radius 1 is 1.33 bits per heavy atom. The van der Waals surface area contributed by atoms with Crippen LogP contribution in [0.4, 0.5) is 11.4 Å². The van der Waals surface area contributed by atoms with E-state index >= 15 is 0 Å². The van der Waals surface area contributed by atoms with Crippen LogP contribution in [0.2, 0.25) is 0 Å². The number of methoxy groups -OCH3 is 1. The van der Waals surface area contributed by atoms with Crippen LogP contribution in [0.25, 0.3) is 0 Å². The van der Waals surface area contributed by atoms with Crippen LogP contribution >= 0.6 is 0 Å². The molecule has 106 valence electrons.